The molecule has 13 heteroatoms. The first-order valence-corrected chi connectivity index (χ1v) is 13.0. The maximum Gasteiger partial charge on any atom is 0.573 e. The Kier molecular flexibility index (Phi) is 7.84. The van der Waals surface area contributed by atoms with Crippen LogP contribution in [0.2, 0.25) is 0 Å². The monoisotopic (exact) mass is 546 g/mol. The summed E-state index contributed by atoms with van der Waals surface area (Å²) in [5, 5.41) is 14.4. The highest BCUT2D eigenvalue weighted by Gasteiger charge is 2.32. The minimum absolute atomic E-state index is 0.120. The summed E-state index contributed by atoms with van der Waals surface area (Å²) in [6.45, 7) is 1.63. The van der Waals surface area contributed by atoms with Gasteiger partial charge in [0, 0.05) is 24.7 Å². The normalized spacial score (nSPS) is 21.9. The lowest BCUT2D eigenvalue weighted by atomic mass is 9.77. The van der Waals surface area contributed by atoms with Crippen LogP contribution in [-0.2, 0) is 0 Å². The molecule has 0 spiro atoms. The van der Waals surface area contributed by atoms with Gasteiger partial charge in [0.15, 0.2) is 5.76 Å². The van der Waals surface area contributed by atoms with E-state index in [1.807, 2.05) is 0 Å². The van der Waals surface area contributed by atoms with Crippen molar-refractivity contribution in [3.8, 4) is 17.1 Å². The number of nitrogens with one attached hydrogen (secondary N) is 1. The molecular formula is C26H29F3N6O4. The molecule has 0 amide bonds. The fourth-order valence-corrected chi connectivity index (χ4v) is 5.57. The number of alkyl halides is 3. The van der Waals surface area contributed by atoms with Crippen molar-refractivity contribution in [2.75, 3.05) is 23.3 Å². The minimum atomic E-state index is -4.74. The predicted molar refractivity (Wildman–Crippen MR) is 136 cm³/mol. The van der Waals surface area contributed by atoms with Gasteiger partial charge in [0.1, 0.15) is 18.1 Å². The van der Waals surface area contributed by atoms with E-state index in [0.717, 1.165) is 58.0 Å². The van der Waals surface area contributed by atoms with Crippen LogP contribution in [0.3, 0.4) is 0 Å². The number of rotatable bonds is 8. The highest BCUT2D eigenvalue weighted by Crippen LogP contribution is 2.35. The Morgan fingerprint density at radius 2 is 1.79 bits per heavy atom. The number of nitro groups is 1. The molecule has 2 fully saturated rings. The summed E-state index contributed by atoms with van der Waals surface area (Å²) >= 11 is 0. The van der Waals surface area contributed by atoms with Crippen molar-refractivity contribution in [1.29, 1.82) is 0 Å². The Bertz CT molecular complexity index is 1250. The molecule has 0 unspecified atom stereocenters. The van der Waals surface area contributed by atoms with Crippen LogP contribution in [0.5, 0.6) is 5.75 Å². The van der Waals surface area contributed by atoms with E-state index < -0.39 is 11.3 Å². The van der Waals surface area contributed by atoms with Crippen LogP contribution in [0.1, 0.15) is 44.9 Å². The maximum absolute atomic E-state index is 12.4. The van der Waals surface area contributed by atoms with Crippen LogP contribution in [0.4, 0.5) is 30.8 Å². The zero-order valence-electron chi connectivity index (χ0n) is 21.1. The predicted octanol–water partition coefficient (Wildman–Crippen LogP) is 6.22. The number of halogens is 3. The van der Waals surface area contributed by atoms with Crippen molar-refractivity contribution in [2.45, 2.75) is 57.3 Å². The summed E-state index contributed by atoms with van der Waals surface area (Å²) in [4.78, 5) is 25.3. The van der Waals surface area contributed by atoms with Gasteiger partial charge >= 0.3 is 12.0 Å². The summed E-state index contributed by atoms with van der Waals surface area (Å²) in [6.07, 6.45) is 6.81. The van der Waals surface area contributed by atoms with Gasteiger partial charge in [0.2, 0.25) is 5.95 Å². The molecule has 208 valence electrons. The molecule has 1 aliphatic heterocycles. The average molecular weight is 547 g/mol. The molecule has 2 aromatic heterocycles. The van der Waals surface area contributed by atoms with Gasteiger partial charge in [-0.3, -0.25) is 10.1 Å². The van der Waals surface area contributed by atoms with E-state index >= 15 is 0 Å². The smallest absolute Gasteiger partial charge is 0.424 e. The molecule has 3 heterocycles. The van der Waals surface area contributed by atoms with Gasteiger partial charge in [-0.05, 0) is 68.2 Å². The lowest BCUT2D eigenvalue weighted by Gasteiger charge is -2.38. The van der Waals surface area contributed by atoms with E-state index in [9.17, 15) is 23.3 Å². The third-order valence-corrected chi connectivity index (χ3v) is 7.37. The number of benzene rings is 1. The lowest BCUT2D eigenvalue weighted by molar-refractivity contribution is -0.385. The van der Waals surface area contributed by atoms with Crippen molar-refractivity contribution in [2.24, 2.45) is 11.8 Å². The van der Waals surface area contributed by atoms with E-state index in [1.165, 1.54) is 36.7 Å². The molecule has 39 heavy (non-hydrogen) atoms. The van der Waals surface area contributed by atoms with Crippen molar-refractivity contribution >= 4 is 17.7 Å². The quantitative estimate of drug-likeness (QED) is 0.259. The standard InChI is InChI=1S/C26H29F3N6O4/c27-26(28,29)39-21-9-7-18(8-10-21)23-15-32-25(38-23)33-22-6-2-1-5-19(22)12-17-4-3-11-34(16-17)24-30-13-20(14-31-24)35(36)37/h7-10,13-15,17,19,22H,1-6,11-12,16H2,(H,32,33)/t17-,19+,22-/m1/s1. The average Bonchev–Trinajstić information content (AvgIpc) is 3.38. The number of hydrogen-bond donors (Lipinski definition) is 1. The minimum Gasteiger partial charge on any atom is -0.424 e. The fourth-order valence-electron chi connectivity index (χ4n) is 5.57. The van der Waals surface area contributed by atoms with E-state index in [1.54, 1.807) is 6.20 Å². The molecule has 3 atom stereocenters. The number of oxazole rings is 1. The van der Waals surface area contributed by atoms with Crippen LogP contribution in [0.25, 0.3) is 11.3 Å². The van der Waals surface area contributed by atoms with Gasteiger partial charge in [-0.2, -0.15) is 0 Å². The van der Waals surface area contributed by atoms with Crippen molar-refractivity contribution in [1.82, 2.24) is 15.0 Å². The van der Waals surface area contributed by atoms with E-state index in [4.69, 9.17) is 4.42 Å². The van der Waals surface area contributed by atoms with Crippen LogP contribution in [0.15, 0.2) is 47.3 Å². The summed E-state index contributed by atoms with van der Waals surface area (Å²) in [5.41, 5.74) is 0.478. The SMILES string of the molecule is O=[N+]([O-])c1cnc(N2CCC[C@H](C[C@@H]3CCCC[C@H]3Nc3ncc(-c4ccc(OC(F)(F)F)cc4)o3)C2)nc1. The first kappa shape index (κ1) is 26.7. The summed E-state index contributed by atoms with van der Waals surface area (Å²) in [5.74, 6) is 1.55. The topological polar surface area (TPSA) is 119 Å². The lowest BCUT2D eigenvalue weighted by Crippen LogP contribution is -2.40. The third kappa shape index (κ3) is 6.95. The zero-order valence-corrected chi connectivity index (χ0v) is 21.1. The van der Waals surface area contributed by atoms with Gasteiger partial charge in [-0.25, -0.2) is 15.0 Å². The number of nitrogens with zero attached hydrogens (tertiary/aromatic N) is 5. The second-order valence-corrected chi connectivity index (χ2v) is 10.1. The van der Waals surface area contributed by atoms with Crippen molar-refractivity contribution < 1.29 is 27.2 Å². The number of hydrogen-bond acceptors (Lipinski definition) is 9. The van der Waals surface area contributed by atoms with Gasteiger partial charge in [0.25, 0.3) is 6.01 Å². The van der Waals surface area contributed by atoms with Gasteiger partial charge < -0.3 is 19.4 Å². The molecule has 0 radical (unpaired) electrons. The van der Waals surface area contributed by atoms with Crippen LogP contribution < -0.4 is 15.0 Å². The van der Waals surface area contributed by atoms with Crippen molar-refractivity contribution in [3.05, 3.63) is 53.0 Å². The molecule has 1 aliphatic carbocycles. The Labute approximate surface area is 222 Å². The number of ether oxygens (including phenoxy) is 1. The second kappa shape index (κ2) is 11.5. The Morgan fingerprint density at radius 3 is 2.51 bits per heavy atom. The Balaban J connectivity index is 1.19. The molecule has 10 nitrogen and oxygen atoms in total. The molecule has 2 aliphatic rings. The van der Waals surface area contributed by atoms with Crippen LogP contribution in [0, 0.1) is 22.0 Å². The van der Waals surface area contributed by atoms with E-state index in [2.05, 4.69) is 29.9 Å². The van der Waals surface area contributed by atoms with Crippen LogP contribution in [-0.4, -0.2) is 45.4 Å². The molecule has 0 bridgehead atoms. The highest BCUT2D eigenvalue weighted by molar-refractivity contribution is 5.58. The summed E-state index contributed by atoms with van der Waals surface area (Å²) in [6, 6.07) is 6.06. The first-order chi connectivity index (χ1) is 18.7. The summed E-state index contributed by atoms with van der Waals surface area (Å²) in [7, 11) is 0. The molecule has 1 N–H and O–H groups in total. The molecule has 3 aromatic rings. The maximum atomic E-state index is 12.4. The largest absolute Gasteiger partial charge is 0.573 e. The highest BCUT2D eigenvalue weighted by atomic mass is 19.4. The van der Waals surface area contributed by atoms with E-state index in [-0.39, 0.29) is 17.5 Å². The molecule has 5 rings (SSSR count). The molecule has 1 saturated carbocycles. The molecular weight excluding hydrogens is 517 g/mol. The molecule has 1 saturated heterocycles. The fraction of sp³-hybridized carbons (Fsp3) is 0.500. The number of anilines is 2. The summed E-state index contributed by atoms with van der Waals surface area (Å²) < 4.78 is 47.1. The zero-order chi connectivity index (χ0) is 27.4. The van der Waals surface area contributed by atoms with Crippen LogP contribution >= 0.6 is 0 Å². The van der Waals surface area contributed by atoms with E-state index in [0.29, 0.717) is 35.1 Å². The Morgan fingerprint density at radius 1 is 1.05 bits per heavy atom. The first-order valence-electron chi connectivity index (χ1n) is 13.0. The second-order valence-electron chi connectivity index (χ2n) is 10.1. The number of aromatic nitrogens is 3. The van der Waals surface area contributed by atoms with Gasteiger partial charge in [0.05, 0.1) is 11.1 Å². The van der Waals surface area contributed by atoms with Crippen molar-refractivity contribution in [3.63, 3.8) is 0 Å². The Hall–Kier alpha value is -3.90. The molecule has 1 aromatic carbocycles. The van der Waals surface area contributed by atoms with Gasteiger partial charge in [-0.1, -0.05) is 12.8 Å². The van der Waals surface area contributed by atoms with Gasteiger partial charge in [-0.15, -0.1) is 13.2 Å². The number of piperidine rings is 1. The third-order valence-electron chi connectivity index (χ3n) is 7.37.